The van der Waals surface area contributed by atoms with Gasteiger partial charge in [-0.1, -0.05) is 42.5 Å². The van der Waals surface area contributed by atoms with Crippen molar-refractivity contribution < 1.29 is 33.6 Å². The Morgan fingerprint density at radius 1 is 0.914 bits per heavy atom. The van der Waals surface area contributed by atoms with Crippen molar-refractivity contribution in [2.75, 3.05) is 21.3 Å². The summed E-state index contributed by atoms with van der Waals surface area (Å²) in [5, 5.41) is 15.7. The lowest BCUT2D eigenvalue weighted by molar-refractivity contribution is -0.147. The molecule has 2 aliphatic heterocycles. The number of alkyl carbamates (subject to hydrolysis) is 1. The van der Waals surface area contributed by atoms with E-state index >= 15 is 0 Å². The predicted octanol–water partition coefficient (Wildman–Crippen LogP) is 3.46. The molecule has 1 saturated carbocycles. The van der Waals surface area contributed by atoms with Gasteiger partial charge in [0.05, 0.1) is 38.9 Å². The molecule has 1 saturated heterocycles. The van der Waals surface area contributed by atoms with E-state index in [2.05, 4.69) is 5.32 Å². The Bertz CT molecular complexity index is 1290. The van der Waals surface area contributed by atoms with Crippen LogP contribution in [0.1, 0.15) is 22.6 Å². The SMILES string of the molecule is COc1ccc([C@@]23Oc4cc(OC)cc(OC)c4[C@]2(O)[C@@H]2OC(=O)N[C@@H]2[C@H]3c2ccccc2)cc1. The van der Waals surface area contributed by atoms with E-state index in [4.69, 9.17) is 23.7 Å². The average Bonchev–Trinajstić information content (AvgIpc) is 3.46. The van der Waals surface area contributed by atoms with Gasteiger partial charge in [0.25, 0.3) is 0 Å². The molecular weight excluding hydrogens is 450 g/mol. The number of nitrogens with one attached hydrogen (secondary N) is 1. The number of methoxy groups -OCH3 is 3. The van der Waals surface area contributed by atoms with Crippen LogP contribution in [0, 0.1) is 0 Å². The number of carbonyl (C=O) groups is 1. The third-order valence-electron chi connectivity index (χ3n) is 7.44. The number of aliphatic hydroxyl groups is 1. The van der Waals surface area contributed by atoms with Gasteiger partial charge in [-0.2, -0.15) is 0 Å². The molecule has 3 aromatic rings. The molecule has 1 amide bonds. The lowest BCUT2D eigenvalue weighted by Crippen LogP contribution is -2.52. The van der Waals surface area contributed by atoms with Gasteiger partial charge in [-0.25, -0.2) is 4.79 Å². The quantitative estimate of drug-likeness (QED) is 0.584. The van der Waals surface area contributed by atoms with E-state index in [1.807, 2.05) is 54.6 Å². The average molecular weight is 475 g/mol. The third-order valence-corrected chi connectivity index (χ3v) is 7.44. The predicted molar refractivity (Wildman–Crippen MR) is 125 cm³/mol. The van der Waals surface area contributed by atoms with Crippen molar-refractivity contribution in [3.05, 3.63) is 83.4 Å². The highest BCUT2D eigenvalue weighted by atomic mass is 16.6. The Balaban J connectivity index is 1.69. The number of hydrogen-bond donors (Lipinski definition) is 2. The van der Waals surface area contributed by atoms with Crippen LogP contribution in [-0.2, 0) is 15.9 Å². The van der Waals surface area contributed by atoms with Crippen molar-refractivity contribution in [1.82, 2.24) is 5.32 Å². The van der Waals surface area contributed by atoms with Crippen LogP contribution in [0.3, 0.4) is 0 Å². The zero-order valence-electron chi connectivity index (χ0n) is 19.5. The van der Waals surface area contributed by atoms with Crippen LogP contribution in [0.2, 0.25) is 0 Å². The highest BCUT2D eigenvalue weighted by Crippen LogP contribution is 2.69. The fraction of sp³-hybridized carbons (Fsp3) is 0.296. The molecule has 2 fully saturated rings. The maximum atomic E-state index is 12.8. The van der Waals surface area contributed by atoms with Crippen molar-refractivity contribution in [3.8, 4) is 23.0 Å². The summed E-state index contributed by atoms with van der Waals surface area (Å²) in [6, 6.07) is 20.0. The smallest absolute Gasteiger partial charge is 0.407 e. The number of hydrogen-bond acceptors (Lipinski definition) is 7. The van der Waals surface area contributed by atoms with Gasteiger partial charge in [0.2, 0.25) is 0 Å². The number of rotatable bonds is 5. The van der Waals surface area contributed by atoms with E-state index in [0.717, 1.165) is 5.56 Å². The Morgan fingerprint density at radius 3 is 2.29 bits per heavy atom. The highest BCUT2D eigenvalue weighted by molar-refractivity contribution is 5.74. The molecule has 2 N–H and O–H groups in total. The first-order valence-electron chi connectivity index (χ1n) is 11.3. The molecule has 8 heteroatoms. The van der Waals surface area contributed by atoms with E-state index in [0.29, 0.717) is 34.1 Å². The first kappa shape index (κ1) is 21.6. The van der Waals surface area contributed by atoms with Gasteiger partial charge in [-0.3, -0.25) is 0 Å². The maximum absolute atomic E-state index is 12.8. The normalized spacial score (nSPS) is 29.8. The lowest BCUT2D eigenvalue weighted by atomic mass is 9.71. The summed E-state index contributed by atoms with van der Waals surface area (Å²) in [7, 11) is 4.67. The monoisotopic (exact) mass is 475 g/mol. The first-order chi connectivity index (χ1) is 17.0. The third kappa shape index (κ3) is 2.68. The topological polar surface area (TPSA) is 95.5 Å². The molecule has 0 spiro atoms. The van der Waals surface area contributed by atoms with Crippen LogP contribution in [0.15, 0.2) is 66.7 Å². The minimum Gasteiger partial charge on any atom is -0.497 e. The molecule has 0 radical (unpaired) electrons. The molecule has 35 heavy (non-hydrogen) atoms. The molecule has 0 unspecified atom stereocenters. The van der Waals surface area contributed by atoms with Crippen molar-refractivity contribution in [3.63, 3.8) is 0 Å². The van der Waals surface area contributed by atoms with Gasteiger partial charge in [0.15, 0.2) is 17.3 Å². The summed E-state index contributed by atoms with van der Waals surface area (Å²) in [6.45, 7) is 0. The summed E-state index contributed by atoms with van der Waals surface area (Å²) < 4.78 is 29.1. The standard InChI is InChI=1S/C27H25NO7/c1-31-17-11-9-16(10-12-17)27-21(15-7-5-4-6-8-15)23-24(34-25(29)28-23)26(27,30)22-19(33-3)13-18(32-2)14-20(22)35-27/h4-14,21,23-24,30H,1-3H3,(H,28,29)/t21-,23-,24-,26+,27+/m1/s1. The van der Waals surface area contributed by atoms with E-state index in [-0.39, 0.29) is 0 Å². The van der Waals surface area contributed by atoms with Gasteiger partial charge in [-0.15, -0.1) is 0 Å². The largest absolute Gasteiger partial charge is 0.497 e. The van der Waals surface area contributed by atoms with Gasteiger partial charge in [0, 0.05) is 12.1 Å². The van der Waals surface area contributed by atoms with Crippen LogP contribution in [0.4, 0.5) is 4.79 Å². The van der Waals surface area contributed by atoms with E-state index in [1.165, 1.54) is 7.11 Å². The summed E-state index contributed by atoms with van der Waals surface area (Å²) in [5.74, 6) is 1.47. The van der Waals surface area contributed by atoms with Gasteiger partial charge in [0.1, 0.15) is 23.0 Å². The molecule has 6 rings (SSSR count). The zero-order valence-corrected chi connectivity index (χ0v) is 19.5. The molecule has 2 heterocycles. The van der Waals surface area contributed by atoms with Crippen LogP contribution in [-0.4, -0.2) is 44.7 Å². The second kappa shape index (κ2) is 7.55. The minimum atomic E-state index is -1.78. The Hall–Kier alpha value is -3.91. The highest BCUT2D eigenvalue weighted by Gasteiger charge is 2.80. The van der Waals surface area contributed by atoms with Crippen molar-refractivity contribution >= 4 is 6.09 Å². The Morgan fingerprint density at radius 2 is 1.63 bits per heavy atom. The number of amides is 1. The Kier molecular flexibility index (Phi) is 4.66. The molecular formula is C27H25NO7. The van der Waals surface area contributed by atoms with Crippen molar-refractivity contribution in [1.29, 1.82) is 0 Å². The van der Waals surface area contributed by atoms with Gasteiger partial charge >= 0.3 is 6.09 Å². The van der Waals surface area contributed by atoms with E-state index < -0.39 is 35.4 Å². The maximum Gasteiger partial charge on any atom is 0.407 e. The van der Waals surface area contributed by atoms with Crippen LogP contribution < -0.4 is 24.3 Å². The Labute approximate surface area is 202 Å². The van der Waals surface area contributed by atoms with Crippen LogP contribution in [0.5, 0.6) is 23.0 Å². The molecule has 180 valence electrons. The first-order valence-corrected chi connectivity index (χ1v) is 11.3. The number of ether oxygens (including phenoxy) is 5. The van der Waals surface area contributed by atoms with E-state index in [1.54, 1.807) is 26.4 Å². The van der Waals surface area contributed by atoms with Crippen LogP contribution >= 0.6 is 0 Å². The zero-order chi connectivity index (χ0) is 24.4. The number of fused-ring (bicyclic) bond motifs is 5. The van der Waals surface area contributed by atoms with Gasteiger partial charge in [-0.05, 0) is 23.3 Å². The number of carbonyl (C=O) groups excluding carboxylic acids is 1. The number of benzene rings is 3. The molecule has 5 atom stereocenters. The van der Waals surface area contributed by atoms with Crippen LogP contribution in [0.25, 0.3) is 0 Å². The fourth-order valence-electron chi connectivity index (χ4n) is 6.08. The van der Waals surface area contributed by atoms with Crippen molar-refractivity contribution in [2.45, 2.75) is 29.3 Å². The van der Waals surface area contributed by atoms with Crippen molar-refractivity contribution in [2.24, 2.45) is 0 Å². The summed E-state index contributed by atoms with van der Waals surface area (Å²) in [6.07, 6.45) is -1.52. The second-order valence-electron chi connectivity index (χ2n) is 8.92. The van der Waals surface area contributed by atoms with E-state index in [9.17, 15) is 9.90 Å². The molecule has 0 bridgehead atoms. The fourth-order valence-corrected chi connectivity index (χ4v) is 6.08. The molecule has 3 aliphatic rings. The molecule has 0 aromatic heterocycles. The summed E-state index contributed by atoms with van der Waals surface area (Å²) in [4.78, 5) is 12.5. The molecule has 8 nitrogen and oxygen atoms in total. The summed E-state index contributed by atoms with van der Waals surface area (Å²) >= 11 is 0. The minimum absolute atomic E-state index is 0.382. The summed E-state index contributed by atoms with van der Waals surface area (Å²) in [5.41, 5.74) is -1.12. The van der Waals surface area contributed by atoms with Gasteiger partial charge < -0.3 is 34.1 Å². The lowest BCUT2D eigenvalue weighted by Gasteiger charge is -2.41. The second-order valence-corrected chi connectivity index (χ2v) is 8.92. The molecule has 3 aromatic carbocycles. The molecule has 1 aliphatic carbocycles.